The van der Waals surface area contributed by atoms with Crippen molar-refractivity contribution in [3.8, 4) is 5.75 Å². The lowest BCUT2D eigenvalue weighted by molar-refractivity contribution is 0.414. The molecule has 1 heterocycles. The van der Waals surface area contributed by atoms with Crippen molar-refractivity contribution >= 4 is 21.5 Å². The standard InChI is InChI=1S/C20H21N3O3S/c1-15-3-10-19(11-4-15)27(24,25)23-17-7-12-20(22-14-17)21-13-16-5-8-18(26-2)9-6-16/h3-12,14,23H,13H2,1-2H3,(H,21,22). The Balaban J connectivity index is 1.61. The Bertz CT molecular complexity index is 984. The van der Waals surface area contributed by atoms with E-state index in [0.717, 1.165) is 16.9 Å². The minimum atomic E-state index is -3.63. The van der Waals surface area contributed by atoms with Crippen LogP contribution in [0, 0.1) is 6.92 Å². The Kier molecular flexibility index (Phi) is 5.61. The van der Waals surface area contributed by atoms with Crippen LogP contribution in [0.5, 0.6) is 5.75 Å². The second-order valence-electron chi connectivity index (χ2n) is 6.05. The van der Waals surface area contributed by atoms with Crippen molar-refractivity contribution in [2.75, 3.05) is 17.1 Å². The zero-order chi connectivity index (χ0) is 19.3. The quantitative estimate of drug-likeness (QED) is 0.648. The zero-order valence-corrected chi connectivity index (χ0v) is 16.0. The third-order valence-corrected chi connectivity index (χ3v) is 5.38. The van der Waals surface area contributed by atoms with E-state index in [4.69, 9.17) is 4.74 Å². The zero-order valence-electron chi connectivity index (χ0n) is 15.1. The van der Waals surface area contributed by atoms with E-state index in [1.54, 1.807) is 43.5 Å². The number of aromatic nitrogens is 1. The lowest BCUT2D eigenvalue weighted by Crippen LogP contribution is -2.13. The Morgan fingerprint density at radius 2 is 1.67 bits per heavy atom. The van der Waals surface area contributed by atoms with Gasteiger partial charge in [-0.25, -0.2) is 13.4 Å². The lowest BCUT2D eigenvalue weighted by atomic mass is 10.2. The molecule has 0 aliphatic rings. The molecule has 0 aliphatic carbocycles. The van der Waals surface area contributed by atoms with Crippen LogP contribution in [-0.4, -0.2) is 20.5 Å². The fourth-order valence-electron chi connectivity index (χ4n) is 2.43. The van der Waals surface area contributed by atoms with Gasteiger partial charge in [-0.3, -0.25) is 4.72 Å². The molecule has 0 bridgehead atoms. The van der Waals surface area contributed by atoms with Crippen molar-refractivity contribution in [3.63, 3.8) is 0 Å². The predicted molar refractivity (Wildman–Crippen MR) is 107 cm³/mol. The summed E-state index contributed by atoms with van der Waals surface area (Å²) in [5.74, 6) is 1.46. The number of hydrogen-bond acceptors (Lipinski definition) is 5. The van der Waals surface area contributed by atoms with Crippen LogP contribution < -0.4 is 14.8 Å². The van der Waals surface area contributed by atoms with Gasteiger partial charge in [-0.15, -0.1) is 0 Å². The number of aryl methyl sites for hydroxylation is 1. The van der Waals surface area contributed by atoms with Crippen molar-refractivity contribution in [2.45, 2.75) is 18.4 Å². The normalized spacial score (nSPS) is 11.0. The predicted octanol–water partition coefficient (Wildman–Crippen LogP) is 3.81. The summed E-state index contributed by atoms with van der Waals surface area (Å²) in [7, 11) is -2.00. The molecule has 0 aliphatic heterocycles. The van der Waals surface area contributed by atoms with E-state index in [9.17, 15) is 8.42 Å². The number of pyridine rings is 1. The van der Waals surface area contributed by atoms with Gasteiger partial charge in [-0.05, 0) is 48.9 Å². The summed E-state index contributed by atoms with van der Waals surface area (Å²) in [6, 6.07) is 17.8. The molecule has 0 unspecified atom stereocenters. The van der Waals surface area contributed by atoms with Crippen molar-refractivity contribution in [1.82, 2.24) is 4.98 Å². The third kappa shape index (κ3) is 4.98. The van der Waals surface area contributed by atoms with Crippen LogP contribution in [0.1, 0.15) is 11.1 Å². The summed E-state index contributed by atoms with van der Waals surface area (Å²) in [4.78, 5) is 4.47. The molecule has 140 valence electrons. The summed E-state index contributed by atoms with van der Waals surface area (Å²) in [5.41, 5.74) is 2.50. The lowest BCUT2D eigenvalue weighted by Gasteiger charge is -2.10. The number of hydrogen-bond donors (Lipinski definition) is 2. The second kappa shape index (κ2) is 8.09. The summed E-state index contributed by atoms with van der Waals surface area (Å²) in [5, 5.41) is 3.20. The van der Waals surface area contributed by atoms with Crippen molar-refractivity contribution in [2.24, 2.45) is 0 Å². The monoisotopic (exact) mass is 383 g/mol. The average molecular weight is 383 g/mol. The Hall–Kier alpha value is -3.06. The molecule has 0 atom stereocenters. The van der Waals surface area contributed by atoms with Crippen LogP contribution in [-0.2, 0) is 16.6 Å². The number of ether oxygens (including phenoxy) is 1. The first-order valence-corrected chi connectivity index (χ1v) is 9.87. The molecule has 0 saturated carbocycles. The van der Waals surface area contributed by atoms with Gasteiger partial charge in [-0.1, -0.05) is 29.8 Å². The molecule has 27 heavy (non-hydrogen) atoms. The summed E-state index contributed by atoms with van der Waals surface area (Å²) in [6.07, 6.45) is 1.49. The van der Waals surface area contributed by atoms with Crippen LogP contribution in [0.4, 0.5) is 11.5 Å². The highest BCUT2D eigenvalue weighted by atomic mass is 32.2. The summed E-state index contributed by atoms with van der Waals surface area (Å²) in [6.45, 7) is 2.51. The van der Waals surface area contributed by atoms with Crippen LogP contribution in [0.2, 0.25) is 0 Å². The van der Waals surface area contributed by atoms with Gasteiger partial charge in [0.05, 0.1) is 23.9 Å². The molecule has 3 aromatic rings. The Morgan fingerprint density at radius 1 is 0.963 bits per heavy atom. The molecule has 1 aromatic heterocycles. The Morgan fingerprint density at radius 3 is 2.26 bits per heavy atom. The highest BCUT2D eigenvalue weighted by Gasteiger charge is 2.13. The number of nitrogens with zero attached hydrogens (tertiary/aromatic N) is 1. The van der Waals surface area contributed by atoms with Crippen LogP contribution in [0.3, 0.4) is 0 Å². The molecule has 7 heteroatoms. The van der Waals surface area contributed by atoms with Gasteiger partial charge in [0, 0.05) is 6.54 Å². The van der Waals surface area contributed by atoms with E-state index in [2.05, 4.69) is 15.0 Å². The topological polar surface area (TPSA) is 80.3 Å². The van der Waals surface area contributed by atoms with E-state index in [0.29, 0.717) is 18.1 Å². The molecule has 0 fully saturated rings. The first kappa shape index (κ1) is 18.7. The molecule has 6 nitrogen and oxygen atoms in total. The van der Waals surface area contributed by atoms with Crippen molar-refractivity contribution < 1.29 is 13.2 Å². The largest absolute Gasteiger partial charge is 0.497 e. The van der Waals surface area contributed by atoms with Gasteiger partial charge < -0.3 is 10.1 Å². The average Bonchev–Trinajstić information content (AvgIpc) is 2.68. The maximum absolute atomic E-state index is 12.4. The highest BCUT2D eigenvalue weighted by molar-refractivity contribution is 7.92. The maximum atomic E-state index is 12.4. The first-order valence-electron chi connectivity index (χ1n) is 8.38. The molecule has 0 amide bonds. The van der Waals surface area contributed by atoms with Gasteiger partial charge >= 0.3 is 0 Å². The summed E-state index contributed by atoms with van der Waals surface area (Å²) >= 11 is 0. The minimum absolute atomic E-state index is 0.217. The van der Waals surface area contributed by atoms with Crippen LogP contribution >= 0.6 is 0 Å². The number of methoxy groups -OCH3 is 1. The molecule has 0 radical (unpaired) electrons. The van der Waals surface area contributed by atoms with E-state index in [-0.39, 0.29) is 4.90 Å². The van der Waals surface area contributed by atoms with Gasteiger partial charge in [0.1, 0.15) is 11.6 Å². The number of rotatable bonds is 7. The SMILES string of the molecule is COc1ccc(CNc2ccc(NS(=O)(=O)c3ccc(C)cc3)cn2)cc1. The number of anilines is 2. The molecule has 0 spiro atoms. The number of benzene rings is 2. The highest BCUT2D eigenvalue weighted by Crippen LogP contribution is 2.18. The van der Waals surface area contributed by atoms with Crippen molar-refractivity contribution in [1.29, 1.82) is 0 Å². The van der Waals surface area contributed by atoms with Gasteiger partial charge in [0.2, 0.25) is 0 Å². The molecule has 3 rings (SSSR count). The first-order chi connectivity index (χ1) is 13.0. The van der Waals surface area contributed by atoms with Gasteiger partial charge in [0.25, 0.3) is 10.0 Å². The van der Waals surface area contributed by atoms with Crippen molar-refractivity contribution in [3.05, 3.63) is 78.0 Å². The smallest absolute Gasteiger partial charge is 0.261 e. The van der Waals surface area contributed by atoms with E-state index < -0.39 is 10.0 Å². The summed E-state index contributed by atoms with van der Waals surface area (Å²) < 4.78 is 32.5. The van der Waals surface area contributed by atoms with Gasteiger partial charge in [-0.2, -0.15) is 0 Å². The maximum Gasteiger partial charge on any atom is 0.261 e. The van der Waals surface area contributed by atoms with Crippen LogP contribution in [0.25, 0.3) is 0 Å². The molecular weight excluding hydrogens is 362 g/mol. The molecule has 0 saturated heterocycles. The number of sulfonamides is 1. The van der Waals surface area contributed by atoms with E-state index >= 15 is 0 Å². The van der Waals surface area contributed by atoms with E-state index in [1.807, 2.05) is 31.2 Å². The fourth-order valence-corrected chi connectivity index (χ4v) is 3.47. The molecule has 2 aromatic carbocycles. The van der Waals surface area contributed by atoms with E-state index in [1.165, 1.54) is 6.20 Å². The molecule has 2 N–H and O–H groups in total. The molecular formula is C20H21N3O3S. The van der Waals surface area contributed by atoms with Gasteiger partial charge in [0.15, 0.2) is 0 Å². The minimum Gasteiger partial charge on any atom is -0.497 e. The van der Waals surface area contributed by atoms with Crippen LogP contribution in [0.15, 0.2) is 71.8 Å². The Labute approximate surface area is 159 Å². The third-order valence-electron chi connectivity index (χ3n) is 3.98. The number of nitrogens with one attached hydrogen (secondary N) is 2. The second-order valence-corrected chi connectivity index (χ2v) is 7.73. The fraction of sp³-hybridized carbons (Fsp3) is 0.150.